The predicted molar refractivity (Wildman–Crippen MR) is 233 cm³/mol. The first-order valence-corrected chi connectivity index (χ1v) is 23.2. The van der Waals surface area contributed by atoms with Crippen LogP contribution in [0.25, 0.3) is 0 Å². The molecule has 0 spiro atoms. The van der Waals surface area contributed by atoms with Gasteiger partial charge in [-0.1, -0.05) is 125 Å². The molecule has 0 aromatic carbocycles. The molecule has 1 unspecified atom stereocenters. The van der Waals surface area contributed by atoms with Crippen LogP contribution < -0.4 is 0 Å². The Morgan fingerprint density at radius 2 is 0.964 bits per heavy atom. The molecule has 0 rings (SSSR count). The maximum atomic E-state index is 12.7. The molecule has 322 valence electrons. The molecule has 0 radical (unpaired) electrons. The third-order valence-corrected chi connectivity index (χ3v) is 9.69. The first-order valence-electron chi connectivity index (χ1n) is 21.7. The highest BCUT2D eigenvalue weighted by Gasteiger charge is 2.27. The van der Waals surface area contributed by atoms with Crippen LogP contribution in [0.3, 0.4) is 0 Å². The van der Waals surface area contributed by atoms with Gasteiger partial charge in [-0.2, -0.15) is 0 Å². The molecule has 0 saturated carbocycles. The van der Waals surface area contributed by atoms with E-state index in [1.165, 1.54) is 44.9 Å². The maximum absolute atomic E-state index is 12.7. The second kappa shape index (κ2) is 38.0. The van der Waals surface area contributed by atoms with E-state index in [4.69, 9.17) is 18.5 Å². The number of carbonyl (C=O) groups is 2. The van der Waals surface area contributed by atoms with Crippen LogP contribution in [-0.2, 0) is 32.7 Å². The van der Waals surface area contributed by atoms with Crippen LogP contribution in [0.1, 0.15) is 155 Å². The number of rotatable bonds is 38. The second-order valence-corrected chi connectivity index (χ2v) is 16.8. The zero-order valence-electron chi connectivity index (χ0n) is 36.1. The van der Waals surface area contributed by atoms with Crippen molar-refractivity contribution < 1.29 is 42.1 Å². The summed E-state index contributed by atoms with van der Waals surface area (Å²) in [5, 5.41) is 0. The Morgan fingerprint density at radius 3 is 1.45 bits per heavy atom. The van der Waals surface area contributed by atoms with E-state index in [9.17, 15) is 19.0 Å². The fourth-order valence-electron chi connectivity index (χ4n) is 5.26. The summed E-state index contributed by atoms with van der Waals surface area (Å²) in [6, 6.07) is 0. The molecule has 0 fully saturated rings. The molecular formula is C46H81NO8P+. The fourth-order valence-corrected chi connectivity index (χ4v) is 6.00. The normalized spacial score (nSPS) is 14.3. The standard InChI is InChI=1S/C46H80NO8P/c1-6-8-10-12-14-16-18-20-22-23-25-27-29-31-33-35-37-39-46(49)55-44(43-54-56(50,51)53-41-40-47(3,4)5)42-52-45(48)38-36-34-32-30-28-26-24-21-19-17-15-13-11-9-7-2/h14-17,20-22,24-25,27-28,30,44H,6-13,18-19,23,26,29,31-43H2,1-5H3/p+1/b16-14-,17-15-,22-20-,24-21-,27-25-,30-28-/t44-/m1/s1. The number of hydrogen-bond acceptors (Lipinski definition) is 7. The summed E-state index contributed by atoms with van der Waals surface area (Å²) in [6.07, 6.45) is 46.6. The first-order chi connectivity index (χ1) is 27.0. The molecule has 2 atom stereocenters. The molecule has 56 heavy (non-hydrogen) atoms. The summed E-state index contributed by atoms with van der Waals surface area (Å²) in [5.74, 6) is -0.876. The minimum Gasteiger partial charge on any atom is -0.462 e. The van der Waals surface area contributed by atoms with Gasteiger partial charge in [0.1, 0.15) is 19.8 Å². The molecule has 10 heteroatoms. The molecule has 0 heterocycles. The number of likely N-dealkylation sites (N-methyl/N-ethyl adjacent to an activating group) is 1. The van der Waals surface area contributed by atoms with Crippen LogP contribution in [0, 0.1) is 0 Å². The minimum absolute atomic E-state index is 0.0173. The van der Waals surface area contributed by atoms with Crippen molar-refractivity contribution >= 4 is 19.8 Å². The van der Waals surface area contributed by atoms with Gasteiger partial charge in [0.05, 0.1) is 27.7 Å². The summed E-state index contributed by atoms with van der Waals surface area (Å²) in [4.78, 5) is 35.3. The van der Waals surface area contributed by atoms with Gasteiger partial charge >= 0.3 is 19.8 Å². The van der Waals surface area contributed by atoms with Gasteiger partial charge in [-0.15, -0.1) is 0 Å². The topological polar surface area (TPSA) is 108 Å². The number of ether oxygens (including phenoxy) is 2. The van der Waals surface area contributed by atoms with Gasteiger partial charge in [-0.25, -0.2) is 4.57 Å². The van der Waals surface area contributed by atoms with Crippen LogP contribution in [-0.4, -0.2) is 74.9 Å². The van der Waals surface area contributed by atoms with E-state index in [1.807, 2.05) is 21.1 Å². The number of esters is 2. The van der Waals surface area contributed by atoms with Gasteiger partial charge in [0.2, 0.25) is 0 Å². The lowest BCUT2D eigenvalue weighted by molar-refractivity contribution is -0.870. The molecule has 0 bridgehead atoms. The SMILES string of the molecule is CCCCC/C=C\C/C=C\C/C=C\CCCCCCC(=O)O[C@H](COC(=O)CCCC/C=C\C/C=C\C/C=C\CCCCC)COP(=O)(O)OCC[N+](C)(C)C. The van der Waals surface area contributed by atoms with E-state index >= 15 is 0 Å². The van der Waals surface area contributed by atoms with Gasteiger partial charge in [0.15, 0.2) is 6.10 Å². The van der Waals surface area contributed by atoms with Crippen LogP contribution in [0.5, 0.6) is 0 Å². The van der Waals surface area contributed by atoms with Crippen molar-refractivity contribution in [3.63, 3.8) is 0 Å². The van der Waals surface area contributed by atoms with E-state index < -0.39 is 32.5 Å². The van der Waals surface area contributed by atoms with Crippen molar-refractivity contribution in [3.8, 4) is 0 Å². The molecule has 0 aromatic rings. The van der Waals surface area contributed by atoms with Crippen LogP contribution in [0.15, 0.2) is 72.9 Å². The van der Waals surface area contributed by atoms with Crippen molar-refractivity contribution in [1.82, 2.24) is 0 Å². The lowest BCUT2D eigenvalue weighted by atomic mass is 10.1. The number of phosphoric ester groups is 1. The zero-order valence-corrected chi connectivity index (χ0v) is 37.0. The number of unbranched alkanes of at least 4 members (excludes halogenated alkanes) is 12. The summed E-state index contributed by atoms with van der Waals surface area (Å²) < 4.78 is 34.2. The number of nitrogens with zero attached hydrogens (tertiary/aromatic N) is 1. The van der Waals surface area contributed by atoms with Crippen LogP contribution in [0.2, 0.25) is 0 Å². The number of allylic oxidation sites excluding steroid dienone is 12. The quantitative estimate of drug-likeness (QED) is 0.0216. The highest BCUT2D eigenvalue weighted by atomic mass is 31.2. The van der Waals surface area contributed by atoms with Crippen molar-refractivity contribution in [2.24, 2.45) is 0 Å². The summed E-state index contributed by atoms with van der Waals surface area (Å²) in [7, 11) is 1.43. The third-order valence-electron chi connectivity index (χ3n) is 8.71. The van der Waals surface area contributed by atoms with Crippen LogP contribution >= 0.6 is 7.82 Å². The van der Waals surface area contributed by atoms with Crippen molar-refractivity contribution in [3.05, 3.63) is 72.9 Å². The van der Waals surface area contributed by atoms with E-state index in [-0.39, 0.29) is 26.1 Å². The molecular weight excluding hydrogens is 725 g/mol. The van der Waals surface area contributed by atoms with Gasteiger partial charge < -0.3 is 18.9 Å². The first kappa shape index (κ1) is 53.5. The highest BCUT2D eigenvalue weighted by molar-refractivity contribution is 7.47. The molecule has 0 amide bonds. The van der Waals surface area contributed by atoms with Gasteiger partial charge in [0.25, 0.3) is 0 Å². The highest BCUT2D eigenvalue weighted by Crippen LogP contribution is 2.43. The minimum atomic E-state index is -4.39. The number of hydrogen-bond donors (Lipinski definition) is 1. The van der Waals surface area contributed by atoms with Crippen molar-refractivity contribution in [2.45, 2.75) is 161 Å². The number of phosphoric acid groups is 1. The van der Waals surface area contributed by atoms with Crippen molar-refractivity contribution in [2.75, 3.05) is 47.5 Å². The monoisotopic (exact) mass is 807 g/mol. The lowest BCUT2D eigenvalue weighted by Crippen LogP contribution is -2.37. The zero-order chi connectivity index (χ0) is 41.4. The molecule has 0 aliphatic heterocycles. The Morgan fingerprint density at radius 1 is 0.554 bits per heavy atom. The summed E-state index contributed by atoms with van der Waals surface area (Å²) in [5.41, 5.74) is 0. The molecule has 0 aliphatic carbocycles. The Bertz CT molecular complexity index is 1180. The Hall–Kier alpha value is -2.55. The number of quaternary nitrogens is 1. The number of carbonyl (C=O) groups excluding carboxylic acids is 2. The molecule has 9 nitrogen and oxygen atoms in total. The fraction of sp³-hybridized carbons (Fsp3) is 0.696. The van der Waals surface area contributed by atoms with E-state index in [0.29, 0.717) is 23.9 Å². The smallest absolute Gasteiger partial charge is 0.462 e. The predicted octanol–water partition coefficient (Wildman–Crippen LogP) is 12.2. The Kier molecular flexibility index (Phi) is 36.3. The Labute approximate surface area is 342 Å². The molecule has 0 aliphatic rings. The van der Waals surface area contributed by atoms with Gasteiger partial charge in [0, 0.05) is 12.8 Å². The summed E-state index contributed by atoms with van der Waals surface area (Å²) >= 11 is 0. The van der Waals surface area contributed by atoms with E-state index in [1.54, 1.807) is 0 Å². The average molecular weight is 807 g/mol. The van der Waals surface area contributed by atoms with Gasteiger partial charge in [-0.3, -0.25) is 18.6 Å². The van der Waals surface area contributed by atoms with E-state index in [2.05, 4.69) is 86.8 Å². The molecule has 0 saturated heterocycles. The molecule has 0 aromatic heterocycles. The maximum Gasteiger partial charge on any atom is 0.472 e. The van der Waals surface area contributed by atoms with Crippen molar-refractivity contribution in [1.29, 1.82) is 0 Å². The second-order valence-electron chi connectivity index (χ2n) is 15.4. The Balaban J connectivity index is 4.50. The summed E-state index contributed by atoms with van der Waals surface area (Å²) in [6.45, 7) is 4.27. The van der Waals surface area contributed by atoms with E-state index in [0.717, 1.165) is 70.6 Å². The third kappa shape index (κ3) is 41.1. The average Bonchev–Trinajstić information content (AvgIpc) is 3.15. The largest absolute Gasteiger partial charge is 0.472 e. The van der Waals surface area contributed by atoms with Gasteiger partial charge in [-0.05, 0) is 89.9 Å². The lowest BCUT2D eigenvalue weighted by Gasteiger charge is -2.24. The molecule has 1 N–H and O–H groups in total. The van der Waals surface area contributed by atoms with Crippen LogP contribution in [0.4, 0.5) is 0 Å².